The number of nitrogens with one attached hydrogen (secondary N) is 2. The maximum atomic E-state index is 11.9. The summed E-state index contributed by atoms with van der Waals surface area (Å²) in [6.07, 6.45) is 2.10. The lowest BCUT2D eigenvalue weighted by atomic mass is 9.81. The van der Waals surface area contributed by atoms with Crippen LogP contribution in [0.1, 0.15) is 46.5 Å². The topological polar surface area (TPSA) is 129 Å². The van der Waals surface area contributed by atoms with E-state index in [-0.39, 0.29) is 42.8 Å². The van der Waals surface area contributed by atoms with Crippen molar-refractivity contribution in [2.45, 2.75) is 52.6 Å². The number of amides is 2. The third kappa shape index (κ3) is 12.5. The Balaban J connectivity index is 2.19. The van der Waals surface area contributed by atoms with E-state index in [2.05, 4.69) is 23.8 Å². The predicted octanol–water partition coefficient (Wildman–Crippen LogP) is 2.87. The van der Waals surface area contributed by atoms with Crippen LogP contribution in [0.5, 0.6) is 0 Å². The van der Waals surface area contributed by atoms with Crippen LogP contribution in [0.3, 0.4) is 0 Å². The van der Waals surface area contributed by atoms with Crippen molar-refractivity contribution in [2.75, 3.05) is 32.9 Å². The number of carbonyl (C=O) groups excluding carboxylic acids is 4. The quantitative estimate of drug-likeness (QED) is 0.194. The Hall–Kier alpha value is -3.04. The molecule has 186 valence electrons. The van der Waals surface area contributed by atoms with Gasteiger partial charge in [0.2, 0.25) is 0 Å². The molecule has 2 N–H and O–H groups in total. The van der Waals surface area contributed by atoms with Crippen molar-refractivity contribution in [1.29, 1.82) is 0 Å². The number of hydrogen-bond acceptors (Lipinski definition) is 8. The third-order valence-electron chi connectivity index (χ3n) is 4.97. The smallest absolute Gasteiger partial charge is 0.407 e. The van der Waals surface area contributed by atoms with E-state index in [0.717, 1.165) is 25.7 Å². The highest BCUT2D eigenvalue weighted by Gasteiger charge is 2.23. The molecule has 0 aromatic heterocycles. The zero-order valence-corrected chi connectivity index (χ0v) is 19.8. The molecule has 2 amide bonds. The fraction of sp³-hybridized carbons (Fsp3) is 0.652. The summed E-state index contributed by atoms with van der Waals surface area (Å²) in [4.78, 5) is 46.4. The first-order valence-electron chi connectivity index (χ1n) is 11.1. The van der Waals surface area contributed by atoms with Gasteiger partial charge >= 0.3 is 24.1 Å². The van der Waals surface area contributed by atoms with Gasteiger partial charge in [-0.05, 0) is 51.9 Å². The second-order valence-corrected chi connectivity index (χ2v) is 8.31. The molecule has 10 heteroatoms. The molecule has 0 spiro atoms. The van der Waals surface area contributed by atoms with Gasteiger partial charge in [-0.3, -0.25) is 0 Å². The van der Waals surface area contributed by atoms with Gasteiger partial charge < -0.3 is 29.6 Å². The highest BCUT2D eigenvalue weighted by atomic mass is 16.6. The summed E-state index contributed by atoms with van der Waals surface area (Å²) in [5.74, 6) is -0.500. The first-order chi connectivity index (χ1) is 15.6. The molecule has 0 aromatic rings. The second kappa shape index (κ2) is 14.9. The molecule has 1 saturated carbocycles. The molecule has 0 radical (unpaired) electrons. The number of carbonyl (C=O) groups is 4. The molecule has 1 fully saturated rings. The molecule has 1 aliphatic rings. The fourth-order valence-electron chi connectivity index (χ4n) is 3.23. The van der Waals surface area contributed by atoms with E-state index < -0.39 is 30.2 Å². The minimum atomic E-state index is -0.567. The first kappa shape index (κ1) is 28.0. The highest BCUT2D eigenvalue weighted by Crippen LogP contribution is 2.28. The van der Waals surface area contributed by atoms with Crippen LogP contribution in [-0.4, -0.2) is 63.1 Å². The summed E-state index contributed by atoms with van der Waals surface area (Å²) in [5.41, 5.74) is 0.567. The normalized spacial score (nSPS) is 18.3. The van der Waals surface area contributed by atoms with E-state index in [0.29, 0.717) is 13.1 Å². The van der Waals surface area contributed by atoms with Gasteiger partial charge in [-0.2, -0.15) is 0 Å². The van der Waals surface area contributed by atoms with Crippen molar-refractivity contribution in [2.24, 2.45) is 11.8 Å². The average molecular weight is 469 g/mol. The SMILES string of the molecule is C=C(C)C(=O)OCCOC(=O)NCC1CCCC(CNC(=O)OCC(C)OC(=O)C(=C)C)C1. The van der Waals surface area contributed by atoms with Crippen LogP contribution in [0.4, 0.5) is 9.59 Å². The van der Waals surface area contributed by atoms with Crippen LogP contribution in [0.15, 0.2) is 24.3 Å². The molecule has 10 nitrogen and oxygen atoms in total. The minimum absolute atomic E-state index is 0.0263. The van der Waals surface area contributed by atoms with Crippen molar-refractivity contribution >= 4 is 24.1 Å². The average Bonchev–Trinajstić information content (AvgIpc) is 2.77. The molecule has 0 heterocycles. The monoisotopic (exact) mass is 468 g/mol. The number of hydrogen-bond donors (Lipinski definition) is 2. The number of ether oxygens (including phenoxy) is 4. The molecular formula is C23H36N2O8. The van der Waals surface area contributed by atoms with Crippen LogP contribution < -0.4 is 10.6 Å². The first-order valence-corrected chi connectivity index (χ1v) is 11.1. The lowest BCUT2D eigenvalue weighted by Gasteiger charge is -2.29. The summed E-state index contributed by atoms with van der Waals surface area (Å²) in [6, 6.07) is 0. The van der Waals surface area contributed by atoms with Gasteiger partial charge in [0.1, 0.15) is 25.9 Å². The molecule has 0 aliphatic heterocycles. The molecule has 3 unspecified atom stereocenters. The van der Waals surface area contributed by atoms with Crippen LogP contribution in [0.25, 0.3) is 0 Å². The van der Waals surface area contributed by atoms with Crippen molar-refractivity contribution < 1.29 is 38.1 Å². The van der Waals surface area contributed by atoms with E-state index in [1.54, 1.807) is 13.8 Å². The van der Waals surface area contributed by atoms with Crippen molar-refractivity contribution in [3.63, 3.8) is 0 Å². The van der Waals surface area contributed by atoms with Gasteiger partial charge in [-0.15, -0.1) is 0 Å². The summed E-state index contributed by atoms with van der Waals surface area (Å²) in [5, 5.41) is 5.47. The predicted molar refractivity (Wildman–Crippen MR) is 120 cm³/mol. The maximum Gasteiger partial charge on any atom is 0.407 e. The lowest BCUT2D eigenvalue weighted by Crippen LogP contribution is -2.36. The van der Waals surface area contributed by atoms with E-state index in [4.69, 9.17) is 18.9 Å². The van der Waals surface area contributed by atoms with E-state index in [9.17, 15) is 19.2 Å². The van der Waals surface area contributed by atoms with Crippen molar-refractivity contribution in [3.05, 3.63) is 24.3 Å². The number of rotatable bonds is 12. The van der Waals surface area contributed by atoms with Crippen LogP contribution in [0.2, 0.25) is 0 Å². The summed E-state index contributed by atoms with van der Waals surface area (Å²) in [7, 11) is 0. The van der Waals surface area contributed by atoms with Gasteiger partial charge in [0.05, 0.1) is 0 Å². The Morgan fingerprint density at radius 1 is 0.848 bits per heavy atom. The van der Waals surface area contributed by atoms with Gasteiger partial charge in [0.15, 0.2) is 0 Å². The van der Waals surface area contributed by atoms with Crippen molar-refractivity contribution in [1.82, 2.24) is 10.6 Å². The Kier molecular flexibility index (Phi) is 12.7. The Morgan fingerprint density at radius 3 is 1.91 bits per heavy atom. The summed E-state index contributed by atoms with van der Waals surface area (Å²) in [6.45, 7) is 12.5. The van der Waals surface area contributed by atoms with Crippen LogP contribution in [0, 0.1) is 11.8 Å². The lowest BCUT2D eigenvalue weighted by molar-refractivity contribution is -0.145. The van der Waals surface area contributed by atoms with E-state index in [1.807, 2.05) is 0 Å². The fourth-order valence-corrected chi connectivity index (χ4v) is 3.23. The molecule has 0 aromatic carbocycles. The molecule has 0 bridgehead atoms. The molecule has 3 atom stereocenters. The zero-order chi connectivity index (χ0) is 24.8. The molecule has 33 heavy (non-hydrogen) atoms. The Bertz CT molecular complexity index is 721. The summed E-state index contributed by atoms with van der Waals surface area (Å²) < 4.78 is 20.0. The van der Waals surface area contributed by atoms with E-state index >= 15 is 0 Å². The Morgan fingerprint density at radius 2 is 1.36 bits per heavy atom. The number of esters is 2. The Labute approximate surface area is 195 Å². The van der Waals surface area contributed by atoms with Crippen LogP contribution >= 0.6 is 0 Å². The second-order valence-electron chi connectivity index (χ2n) is 8.31. The zero-order valence-electron chi connectivity index (χ0n) is 19.8. The summed E-state index contributed by atoms with van der Waals surface area (Å²) >= 11 is 0. The van der Waals surface area contributed by atoms with Gasteiger partial charge in [0.25, 0.3) is 0 Å². The van der Waals surface area contributed by atoms with Crippen LogP contribution in [-0.2, 0) is 28.5 Å². The maximum absolute atomic E-state index is 11.9. The number of alkyl carbamates (subject to hydrolysis) is 2. The van der Waals surface area contributed by atoms with Gasteiger partial charge in [-0.1, -0.05) is 19.6 Å². The van der Waals surface area contributed by atoms with Gasteiger partial charge in [0, 0.05) is 24.2 Å². The third-order valence-corrected chi connectivity index (χ3v) is 4.97. The minimum Gasteiger partial charge on any atom is -0.459 e. The van der Waals surface area contributed by atoms with E-state index in [1.165, 1.54) is 6.92 Å². The molecule has 1 aliphatic carbocycles. The standard InChI is InChI=1S/C23H36N2O8/c1-15(2)20(26)30-9-10-31-22(28)24-12-18-7-6-8-19(11-18)13-25-23(29)32-14-17(5)33-21(27)16(3)4/h17-19H,1,3,6-14H2,2,4-5H3,(H,24,28)(H,25,29). The molecule has 1 rings (SSSR count). The molecule has 0 saturated heterocycles. The highest BCUT2D eigenvalue weighted by molar-refractivity contribution is 5.87. The van der Waals surface area contributed by atoms with Crippen molar-refractivity contribution in [3.8, 4) is 0 Å². The van der Waals surface area contributed by atoms with Gasteiger partial charge in [-0.25, -0.2) is 19.2 Å². The molecular weight excluding hydrogens is 432 g/mol. The largest absolute Gasteiger partial charge is 0.459 e.